The first-order valence-corrected chi connectivity index (χ1v) is 10.5. The van der Waals surface area contributed by atoms with Crippen LogP contribution in [0.15, 0.2) is 79.4 Å². The molecule has 1 aromatic heterocycles. The van der Waals surface area contributed by atoms with E-state index in [1.165, 1.54) is 12.4 Å². The van der Waals surface area contributed by atoms with E-state index < -0.39 is 11.9 Å². The first kappa shape index (κ1) is 21.4. The second kappa shape index (κ2) is 9.91. The van der Waals surface area contributed by atoms with Gasteiger partial charge in [0, 0.05) is 26.9 Å². The monoisotopic (exact) mass is 579 g/mol. The van der Waals surface area contributed by atoms with Gasteiger partial charge >= 0.3 is 5.97 Å². The molecule has 2 aromatic carbocycles. The van der Waals surface area contributed by atoms with Crippen LogP contribution in [0.4, 0.5) is 0 Å². The molecule has 0 bridgehead atoms. The van der Waals surface area contributed by atoms with Crippen molar-refractivity contribution in [3.63, 3.8) is 0 Å². The van der Waals surface area contributed by atoms with Crippen molar-refractivity contribution < 1.29 is 14.3 Å². The summed E-state index contributed by atoms with van der Waals surface area (Å²) in [6.07, 6.45) is 4.40. The summed E-state index contributed by atoms with van der Waals surface area (Å²) < 4.78 is 7.53. The number of carbonyl (C=O) groups excluding carboxylic acids is 2. The largest absolute Gasteiger partial charge is 0.421 e. The number of pyridine rings is 1. The second-order valence-electron chi connectivity index (χ2n) is 5.65. The van der Waals surface area contributed by atoms with Crippen molar-refractivity contribution in [3.05, 3.63) is 91.0 Å². The van der Waals surface area contributed by atoms with Crippen molar-refractivity contribution in [3.8, 4) is 5.75 Å². The molecule has 0 aliphatic carbocycles. The fraction of sp³-hybridized carbons (Fsp3) is 0. The second-order valence-corrected chi connectivity index (χ2v) is 8.34. The van der Waals surface area contributed by atoms with E-state index in [4.69, 9.17) is 4.74 Å². The number of rotatable bonds is 5. The maximum absolute atomic E-state index is 12.4. The van der Waals surface area contributed by atoms with Crippen LogP contribution in [-0.4, -0.2) is 23.1 Å². The Balaban J connectivity index is 1.80. The number of amides is 1. The van der Waals surface area contributed by atoms with Crippen molar-refractivity contribution in [2.75, 3.05) is 0 Å². The van der Waals surface area contributed by atoms with Gasteiger partial charge in [-0.05, 0) is 62.2 Å². The maximum atomic E-state index is 12.4. The number of hydrogen-bond acceptors (Lipinski definition) is 5. The third-order valence-corrected chi connectivity index (χ3v) is 5.06. The van der Waals surface area contributed by atoms with Crippen LogP contribution in [-0.2, 0) is 0 Å². The van der Waals surface area contributed by atoms with Gasteiger partial charge in [0.2, 0.25) is 0 Å². The molecule has 0 saturated heterocycles. The van der Waals surface area contributed by atoms with Crippen LogP contribution in [0.1, 0.15) is 26.3 Å². The fourth-order valence-electron chi connectivity index (χ4n) is 2.27. The minimum atomic E-state index is -0.507. The molecule has 1 amide bonds. The topological polar surface area (TPSA) is 80.6 Å². The summed E-state index contributed by atoms with van der Waals surface area (Å²) >= 11 is 10.0. The quantitative estimate of drug-likeness (QED) is 0.191. The summed E-state index contributed by atoms with van der Waals surface area (Å²) in [5, 5.41) is 3.97. The first-order valence-electron chi connectivity index (χ1n) is 8.14. The third kappa shape index (κ3) is 5.81. The van der Waals surface area contributed by atoms with E-state index in [-0.39, 0.29) is 5.75 Å². The van der Waals surface area contributed by atoms with Gasteiger partial charge in [0.05, 0.1) is 21.8 Å². The van der Waals surface area contributed by atoms with Gasteiger partial charge in [-0.15, -0.1) is 0 Å². The third-order valence-electron chi connectivity index (χ3n) is 3.58. The van der Waals surface area contributed by atoms with Gasteiger partial charge in [0.1, 0.15) is 0 Å². The number of hydrogen-bond donors (Lipinski definition) is 1. The summed E-state index contributed by atoms with van der Waals surface area (Å²) in [4.78, 5) is 28.5. The van der Waals surface area contributed by atoms with Crippen LogP contribution in [0.2, 0.25) is 0 Å². The van der Waals surface area contributed by atoms with Crippen molar-refractivity contribution in [1.29, 1.82) is 0 Å². The molecule has 146 valence electrons. The minimum absolute atomic E-state index is 0.282. The van der Waals surface area contributed by atoms with Crippen molar-refractivity contribution in [1.82, 2.24) is 10.4 Å². The molecule has 3 aromatic rings. The molecule has 0 unspecified atom stereocenters. The first-order chi connectivity index (χ1) is 13.9. The number of nitrogens with one attached hydrogen (secondary N) is 1. The molecule has 0 aliphatic heterocycles. The molecule has 0 aliphatic rings. The predicted octanol–water partition coefficient (Wildman–Crippen LogP) is 5.35. The zero-order valence-corrected chi connectivity index (χ0v) is 19.4. The van der Waals surface area contributed by atoms with Crippen molar-refractivity contribution in [2.45, 2.75) is 0 Å². The average Bonchev–Trinajstić information content (AvgIpc) is 2.71. The number of esters is 1. The number of hydrazone groups is 1. The van der Waals surface area contributed by atoms with Gasteiger partial charge < -0.3 is 4.74 Å². The molecule has 6 nitrogen and oxygen atoms in total. The number of aromatic nitrogens is 1. The molecule has 9 heteroatoms. The highest BCUT2D eigenvalue weighted by Crippen LogP contribution is 2.32. The lowest BCUT2D eigenvalue weighted by atomic mass is 10.2. The van der Waals surface area contributed by atoms with E-state index in [0.717, 1.165) is 4.47 Å². The van der Waals surface area contributed by atoms with Crippen molar-refractivity contribution in [2.24, 2.45) is 5.10 Å². The number of carbonyl (C=O) groups is 2. The van der Waals surface area contributed by atoms with Crippen LogP contribution < -0.4 is 10.2 Å². The molecule has 1 heterocycles. The number of nitrogens with zero attached hydrogens (tertiary/aromatic N) is 2. The Labute approximate surface area is 191 Å². The van der Waals surface area contributed by atoms with Gasteiger partial charge in [-0.2, -0.15) is 5.10 Å². The SMILES string of the molecule is O=C(N/N=C\c1cc(Br)cc(Br)c1OC(=O)c1ccccc1)c1cncc(Br)c1. The van der Waals surface area contributed by atoms with Gasteiger partial charge in [-0.1, -0.05) is 34.1 Å². The number of benzene rings is 2. The van der Waals surface area contributed by atoms with E-state index in [1.807, 2.05) is 6.07 Å². The van der Waals surface area contributed by atoms with E-state index in [1.54, 1.807) is 48.7 Å². The van der Waals surface area contributed by atoms with E-state index >= 15 is 0 Å². The van der Waals surface area contributed by atoms with Crippen molar-refractivity contribution >= 4 is 65.9 Å². The highest BCUT2D eigenvalue weighted by molar-refractivity contribution is 9.11. The number of ether oxygens (including phenoxy) is 1. The van der Waals surface area contributed by atoms with E-state index in [9.17, 15) is 9.59 Å². The molecule has 29 heavy (non-hydrogen) atoms. The normalized spacial score (nSPS) is 10.7. The van der Waals surface area contributed by atoms with Gasteiger partial charge in [-0.25, -0.2) is 10.2 Å². The Hall–Kier alpha value is -2.36. The van der Waals surface area contributed by atoms with Crippen LogP contribution in [0, 0.1) is 0 Å². The molecular formula is C20H12Br3N3O3. The lowest BCUT2D eigenvalue weighted by Gasteiger charge is -2.10. The summed E-state index contributed by atoms with van der Waals surface area (Å²) in [5.74, 6) is -0.649. The lowest BCUT2D eigenvalue weighted by molar-refractivity contribution is 0.0733. The highest BCUT2D eigenvalue weighted by atomic mass is 79.9. The van der Waals surface area contributed by atoms with Crippen LogP contribution in [0.3, 0.4) is 0 Å². The Morgan fingerprint density at radius 1 is 0.966 bits per heavy atom. The smallest absolute Gasteiger partial charge is 0.343 e. The van der Waals surface area contributed by atoms with Crippen LogP contribution in [0.25, 0.3) is 0 Å². The Kier molecular flexibility index (Phi) is 7.29. The standard InChI is InChI=1S/C20H12Br3N3O3/c21-15-6-13(10-25-26-19(27)14-7-16(22)11-24-9-14)18(17(23)8-15)29-20(28)12-4-2-1-3-5-12/h1-11H,(H,26,27)/b25-10-. The summed E-state index contributed by atoms with van der Waals surface area (Å²) in [6.45, 7) is 0. The highest BCUT2D eigenvalue weighted by Gasteiger charge is 2.15. The molecular weight excluding hydrogens is 570 g/mol. The Morgan fingerprint density at radius 3 is 2.45 bits per heavy atom. The van der Waals surface area contributed by atoms with Crippen LogP contribution >= 0.6 is 47.8 Å². The molecule has 0 spiro atoms. The summed E-state index contributed by atoms with van der Waals surface area (Å²) in [5.41, 5.74) is 3.68. The average molecular weight is 582 g/mol. The molecule has 0 radical (unpaired) electrons. The molecule has 3 rings (SSSR count). The fourth-order valence-corrected chi connectivity index (χ4v) is 3.97. The molecule has 0 atom stereocenters. The lowest BCUT2D eigenvalue weighted by Crippen LogP contribution is -2.18. The molecule has 0 saturated carbocycles. The zero-order chi connectivity index (χ0) is 20.8. The van der Waals surface area contributed by atoms with Gasteiger partial charge in [-0.3, -0.25) is 9.78 Å². The molecule has 0 fully saturated rings. The Morgan fingerprint density at radius 2 is 1.72 bits per heavy atom. The zero-order valence-electron chi connectivity index (χ0n) is 14.6. The number of halogens is 3. The predicted molar refractivity (Wildman–Crippen MR) is 120 cm³/mol. The van der Waals surface area contributed by atoms with E-state index in [2.05, 4.69) is 63.3 Å². The van der Waals surface area contributed by atoms with Gasteiger partial charge in [0.25, 0.3) is 5.91 Å². The maximum Gasteiger partial charge on any atom is 0.343 e. The summed E-state index contributed by atoms with van der Waals surface area (Å²) in [7, 11) is 0. The summed E-state index contributed by atoms with van der Waals surface area (Å²) in [6, 6.07) is 13.7. The minimum Gasteiger partial charge on any atom is -0.421 e. The Bertz CT molecular complexity index is 1090. The van der Waals surface area contributed by atoms with Crippen LogP contribution in [0.5, 0.6) is 5.75 Å². The molecule has 1 N–H and O–H groups in total. The van der Waals surface area contributed by atoms with E-state index in [0.29, 0.717) is 25.6 Å². The van der Waals surface area contributed by atoms with Gasteiger partial charge in [0.15, 0.2) is 5.75 Å².